The molecule has 12 heteroatoms. The largest absolute Gasteiger partial charge is 0.465 e. The van der Waals surface area contributed by atoms with E-state index in [0.29, 0.717) is 5.56 Å². The zero-order valence-electron chi connectivity index (χ0n) is 21.8. The Morgan fingerprint density at radius 2 is 1.69 bits per heavy atom. The van der Waals surface area contributed by atoms with Crippen LogP contribution < -0.4 is 16.0 Å². The van der Waals surface area contributed by atoms with Crippen LogP contribution in [0.15, 0.2) is 42.5 Å². The van der Waals surface area contributed by atoms with Crippen LogP contribution in [0.4, 0.5) is 4.39 Å². The molecule has 1 unspecified atom stereocenters. The van der Waals surface area contributed by atoms with Gasteiger partial charge in [-0.05, 0) is 35.7 Å². The topological polar surface area (TPSA) is 161 Å². The number of carbonyl (C=O) groups is 6. The second kappa shape index (κ2) is 12.4. The summed E-state index contributed by atoms with van der Waals surface area (Å²) in [4.78, 5) is 78.6. The van der Waals surface area contributed by atoms with Gasteiger partial charge in [-0.15, -0.1) is 0 Å². The van der Waals surface area contributed by atoms with E-state index in [1.54, 1.807) is 13.8 Å². The molecular formula is C27H29FN4O7. The molecule has 4 atom stereocenters. The van der Waals surface area contributed by atoms with Gasteiger partial charge in [-0.3, -0.25) is 29.3 Å². The number of esters is 1. The third-order valence-corrected chi connectivity index (χ3v) is 6.42. The number of benzene rings is 1. The van der Waals surface area contributed by atoms with Crippen molar-refractivity contribution in [2.75, 3.05) is 7.11 Å². The lowest BCUT2D eigenvalue weighted by Crippen LogP contribution is -2.49. The van der Waals surface area contributed by atoms with Crippen LogP contribution in [0.25, 0.3) is 0 Å². The summed E-state index contributed by atoms with van der Waals surface area (Å²) in [7, 11) is 1.23. The second-order valence-corrected chi connectivity index (χ2v) is 9.50. The highest BCUT2D eigenvalue weighted by atomic mass is 19.1. The number of imide groups is 1. The van der Waals surface area contributed by atoms with Crippen molar-refractivity contribution in [3.05, 3.63) is 65.2 Å². The molecule has 11 nitrogen and oxygen atoms in total. The van der Waals surface area contributed by atoms with Crippen LogP contribution in [0.1, 0.15) is 59.6 Å². The van der Waals surface area contributed by atoms with Crippen LogP contribution in [-0.2, 0) is 23.9 Å². The predicted molar refractivity (Wildman–Crippen MR) is 134 cm³/mol. The number of hydrogen-bond acceptors (Lipinski definition) is 8. The number of amides is 4. The number of ether oxygens (including phenoxy) is 1. The van der Waals surface area contributed by atoms with Crippen molar-refractivity contribution in [3.63, 3.8) is 0 Å². The Labute approximate surface area is 223 Å². The third-order valence-electron chi connectivity index (χ3n) is 6.42. The Bertz CT molecular complexity index is 1300. The van der Waals surface area contributed by atoms with Crippen molar-refractivity contribution < 1.29 is 37.9 Å². The zero-order chi connectivity index (χ0) is 28.9. The Kier molecular flexibility index (Phi) is 9.23. The number of halogens is 1. The molecule has 1 aromatic heterocycles. The number of rotatable bonds is 10. The lowest BCUT2D eigenvalue weighted by Gasteiger charge is -2.26. The van der Waals surface area contributed by atoms with E-state index in [2.05, 4.69) is 25.7 Å². The SMILES string of the molecule is COC(=O)c1ccc(C(CC(=O)N[C@@H](C(=O)[C@@H]2C(=O)NC(=O)[C@H]2C)C(C)C)NC(=O)c2cccc(F)n2)cc1. The first kappa shape index (κ1) is 29.1. The number of aromatic nitrogens is 1. The van der Waals surface area contributed by atoms with Crippen LogP contribution >= 0.6 is 0 Å². The number of carbonyl (C=O) groups excluding carboxylic acids is 6. The summed E-state index contributed by atoms with van der Waals surface area (Å²) in [6, 6.07) is 7.60. The van der Waals surface area contributed by atoms with Crippen LogP contribution in [0, 0.1) is 23.7 Å². The fraction of sp³-hybridized carbons (Fsp3) is 0.370. The molecular weight excluding hydrogens is 511 g/mol. The van der Waals surface area contributed by atoms with Gasteiger partial charge in [-0.25, -0.2) is 9.78 Å². The van der Waals surface area contributed by atoms with E-state index in [9.17, 15) is 33.2 Å². The molecule has 1 aliphatic rings. The number of nitrogens with zero attached hydrogens (tertiary/aromatic N) is 1. The molecule has 0 bridgehead atoms. The van der Waals surface area contributed by atoms with Crippen LogP contribution in [0.5, 0.6) is 0 Å². The van der Waals surface area contributed by atoms with E-state index in [1.807, 2.05) is 0 Å². The maximum Gasteiger partial charge on any atom is 0.337 e. The van der Waals surface area contributed by atoms with Gasteiger partial charge in [0.2, 0.25) is 23.7 Å². The van der Waals surface area contributed by atoms with Crippen molar-refractivity contribution in [1.82, 2.24) is 20.9 Å². The summed E-state index contributed by atoms with van der Waals surface area (Å²) in [6.45, 7) is 4.83. The lowest BCUT2D eigenvalue weighted by molar-refractivity contribution is -0.137. The minimum Gasteiger partial charge on any atom is -0.465 e. The minimum atomic E-state index is -1.23. The van der Waals surface area contributed by atoms with Crippen LogP contribution in [-0.4, -0.2) is 53.5 Å². The lowest BCUT2D eigenvalue weighted by atomic mass is 9.85. The van der Waals surface area contributed by atoms with Gasteiger partial charge in [0, 0.05) is 0 Å². The Hall–Kier alpha value is -4.48. The molecule has 1 aliphatic heterocycles. The van der Waals surface area contributed by atoms with Crippen LogP contribution in [0.3, 0.4) is 0 Å². The van der Waals surface area contributed by atoms with E-state index < -0.39 is 71.2 Å². The smallest absolute Gasteiger partial charge is 0.337 e. The maximum atomic E-state index is 13.6. The van der Waals surface area contributed by atoms with E-state index >= 15 is 0 Å². The predicted octanol–water partition coefficient (Wildman–Crippen LogP) is 1.49. The second-order valence-electron chi connectivity index (χ2n) is 9.50. The van der Waals surface area contributed by atoms with Crippen molar-refractivity contribution in [1.29, 1.82) is 0 Å². The number of Topliss-reactive ketones (excluding diaryl/α,β-unsaturated/α-hetero) is 1. The summed E-state index contributed by atoms with van der Waals surface area (Å²) in [5.74, 6) is -7.21. The molecule has 3 rings (SSSR count). The zero-order valence-corrected chi connectivity index (χ0v) is 21.8. The first-order valence-corrected chi connectivity index (χ1v) is 12.2. The molecule has 0 aliphatic carbocycles. The van der Waals surface area contributed by atoms with Crippen molar-refractivity contribution in [2.45, 2.75) is 39.3 Å². The number of pyridine rings is 1. The van der Waals surface area contributed by atoms with E-state index in [0.717, 1.165) is 6.07 Å². The molecule has 0 radical (unpaired) electrons. The average Bonchev–Trinajstić information content (AvgIpc) is 3.16. The quantitative estimate of drug-likeness (QED) is 0.177. The molecule has 4 amide bonds. The van der Waals surface area contributed by atoms with Crippen molar-refractivity contribution >= 4 is 35.4 Å². The minimum absolute atomic E-state index is 0.215. The maximum absolute atomic E-state index is 13.6. The standard InChI is InChI=1S/C27H29FN4O7/c1-13(2)22(23(34)21-14(3)24(35)32-26(21)37)31-20(33)12-18(15-8-10-16(11-9-15)27(38)39-4)30-25(36)17-6-5-7-19(28)29-17/h5-11,13-14,18,21-22H,12H2,1-4H3,(H,30,36)(H,31,33)(H,32,35,37)/t14-,18?,21+,22+/m0/s1. The molecule has 0 saturated carbocycles. The highest BCUT2D eigenvalue weighted by Crippen LogP contribution is 2.24. The molecule has 3 N–H and O–H groups in total. The molecule has 39 heavy (non-hydrogen) atoms. The van der Waals surface area contributed by atoms with Crippen LogP contribution in [0.2, 0.25) is 0 Å². The van der Waals surface area contributed by atoms with Crippen molar-refractivity contribution in [2.24, 2.45) is 17.8 Å². The normalized spacial score (nSPS) is 18.2. The monoisotopic (exact) mass is 540 g/mol. The number of nitrogens with one attached hydrogen (secondary N) is 3. The van der Waals surface area contributed by atoms with Crippen molar-refractivity contribution in [3.8, 4) is 0 Å². The summed E-state index contributed by atoms with van der Waals surface area (Å²) in [5, 5.41) is 7.40. The molecule has 1 fully saturated rings. The van der Waals surface area contributed by atoms with Gasteiger partial charge in [0.15, 0.2) is 5.78 Å². The number of methoxy groups -OCH3 is 1. The number of hydrogen-bond donors (Lipinski definition) is 3. The van der Waals surface area contributed by atoms with Gasteiger partial charge in [0.05, 0.1) is 37.1 Å². The molecule has 1 saturated heterocycles. The van der Waals surface area contributed by atoms with Gasteiger partial charge in [0.25, 0.3) is 5.91 Å². The first-order valence-electron chi connectivity index (χ1n) is 12.2. The molecule has 1 aromatic carbocycles. The highest BCUT2D eigenvalue weighted by molar-refractivity contribution is 6.16. The summed E-state index contributed by atoms with van der Waals surface area (Å²) >= 11 is 0. The average molecular weight is 541 g/mol. The van der Waals surface area contributed by atoms with Gasteiger partial charge in [-0.1, -0.05) is 39.0 Å². The van der Waals surface area contributed by atoms with Gasteiger partial charge in [-0.2, -0.15) is 4.39 Å². The van der Waals surface area contributed by atoms with E-state index in [4.69, 9.17) is 0 Å². The number of ketones is 1. The molecule has 0 spiro atoms. The van der Waals surface area contributed by atoms with Gasteiger partial charge >= 0.3 is 5.97 Å². The Balaban J connectivity index is 1.83. The van der Waals surface area contributed by atoms with E-state index in [-0.39, 0.29) is 17.7 Å². The third kappa shape index (κ3) is 6.89. The molecule has 2 aromatic rings. The first-order chi connectivity index (χ1) is 18.4. The summed E-state index contributed by atoms with van der Waals surface area (Å²) < 4.78 is 18.3. The fourth-order valence-corrected chi connectivity index (χ4v) is 4.23. The summed E-state index contributed by atoms with van der Waals surface area (Å²) in [5.41, 5.74) is 0.462. The highest BCUT2D eigenvalue weighted by Gasteiger charge is 2.46. The fourth-order valence-electron chi connectivity index (χ4n) is 4.23. The van der Waals surface area contributed by atoms with Gasteiger partial charge < -0.3 is 15.4 Å². The summed E-state index contributed by atoms with van der Waals surface area (Å²) in [6.07, 6.45) is -0.347. The van der Waals surface area contributed by atoms with Gasteiger partial charge in [0.1, 0.15) is 11.6 Å². The Morgan fingerprint density at radius 3 is 2.23 bits per heavy atom. The molecule has 206 valence electrons. The van der Waals surface area contributed by atoms with E-state index in [1.165, 1.54) is 50.4 Å². The Morgan fingerprint density at radius 1 is 1.03 bits per heavy atom. The molecule has 2 heterocycles.